The van der Waals surface area contributed by atoms with E-state index in [1.54, 1.807) is 0 Å². The SMILES string of the molecule is CC(C[SiH2]CN)Cc1ccccc1. The molecule has 0 heterocycles. The standard InChI is InChI=1S/C11H19NSi/c1-10(8-13-9-12)7-11-5-3-2-4-6-11/h2-6,10H,7-9,12-13H2,1H3. The van der Waals surface area contributed by atoms with Crippen molar-refractivity contribution in [3.63, 3.8) is 0 Å². The zero-order chi connectivity index (χ0) is 9.52. The highest BCUT2D eigenvalue weighted by molar-refractivity contribution is 6.35. The molecule has 1 aromatic carbocycles. The first-order chi connectivity index (χ1) is 6.33. The Morgan fingerprint density at radius 1 is 1.31 bits per heavy atom. The molecule has 1 atom stereocenters. The lowest BCUT2D eigenvalue weighted by molar-refractivity contribution is 0.642. The first-order valence-corrected chi connectivity index (χ1v) is 7.07. The summed E-state index contributed by atoms with van der Waals surface area (Å²) in [6, 6.07) is 12.1. The molecule has 0 aliphatic carbocycles. The molecule has 13 heavy (non-hydrogen) atoms. The van der Waals surface area contributed by atoms with E-state index >= 15 is 0 Å². The van der Waals surface area contributed by atoms with Gasteiger partial charge < -0.3 is 5.73 Å². The van der Waals surface area contributed by atoms with Gasteiger partial charge in [0.05, 0.1) is 0 Å². The van der Waals surface area contributed by atoms with Gasteiger partial charge in [-0.05, 0) is 24.1 Å². The maximum absolute atomic E-state index is 5.53. The van der Waals surface area contributed by atoms with Crippen LogP contribution in [0, 0.1) is 5.92 Å². The highest BCUT2D eigenvalue weighted by Gasteiger charge is 2.02. The average molecular weight is 193 g/mol. The third-order valence-corrected chi connectivity index (χ3v) is 4.13. The van der Waals surface area contributed by atoms with Crippen molar-refractivity contribution in [1.29, 1.82) is 0 Å². The first kappa shape index (κ1) is 10.5. The molecule has 2 N–H and O–H groups in total. The summed E-state index contributed by atoms with van der Waals surface area (Å²) in [6.07, 6.45) is 2.17. The van der Waals surface area contributed by atoms with Crippen molar-refractivity contribution in [2.24, 2.45) is 11.7 Å². The Hall–Kier alpha value is -0.603. The zero-order valence-corrected chi connectivity index (χ0v) is 9.78. The maximum Gasteiger partial charge on any atom is 0.0364 e. The van der Waals surface area contributed by atoms with Crippen LogP contribution in [0.25, 0.3) is 0 Å². The molecule has 0 amide bonds. The van der Waals surface area contributed by atoms with Crippen LogP contribution in [0.15, 0.2) is 30.3 Å². The molecule has 2 heteroatoms. The second-order valence-corrected chi connectivity index (χ2v) is 5.59. The van der Waals surface area contributed by atoms with E-state index in [0.717, 1.165) is 12.1 Å². The van der Waals surface area contributed by atoms with Crippen molar-refractivity contribution < 1.29 is 0 Å². The van der Waals surface area contributed by atoms with E-state index in [1.807, 2.05) is 0 Å². The minimum atomic E-state index is 0.0361. The van der Waals surface area contributed by atoms with E-state index in [4.69, 9.17) is 5.73 Å². The normalized spacial score (nSPS) is 13.7. The largest absolute Gasteiger partial charge is 0.334 e. The van der Waals surface area contributed by atoms with Crippen molar-refractivity contribution in [1.82, 2.24) is 0 Å². The first-order valence-electron chi connectivity index (χ1n) is 5.07. The molecule has 0 saturated carbocycles. The third kappa shape index (κ3) is 4.25. The van der Waals surface area contributed by atoms with Crippen molar-refractivity contribution in [2.45, 2.75) is 19.4 Å². The predicted molar refractivity (Wildman–Crippen MR) is 61.7 cm³/mol. The molecule has 72 valence electrons. The molecule has 1 nitrogen and oxygen atoms in total. The number of hydrogen-bond acceptors (Lipinski definition) is 1. The molecule has 0 fully saturated rings. The predicted octanol–water partition coefficient (Wildman–Crippen LogP) is 1.37. The minimum Gasteiger partial charge on any atom is -0.334 e. The maximum atomic E-state index is 5.53. The van der Waals surface area contributed by atoms with Crippen LogP contribution in [0.4, 0.5) is 0 Å². The number of nitrogens with two attached hydrogens (primary N) is 1. The van der Waals surface area contributed by atoms with Gasteiger partial charge in [0.1, 0.15) is 0 Å². The van der Waals surface area contributed by atoms with E-state index < -0.39 is 0 Å². The fourth-order valence-corrected chi connectivity index (χ4v) is 2.72. The summed E-state index contributed by atoms with van der Waals surface area (Å²) in [6.45, 7) is 2.33. The average Bonchev–Trinajstić information content (AvgIpc) is 2.16. The van der Waals surface area contributed by atoms with Crippen molar-refractivity contribution in [2.75, 3.05) is 6.17 Å². The van der Waals surface area contributed by atoms with Gasteiger partial charge in [0, 0.05) is 9.52 Å². The van der Waals surface area contributed by atoms with Crippen molar-refractivity contribution in [3.05, 3.63) is 35.9 Å². The van der Waals surface area contributed by atoms with E-state index in [-0.39, 0.29) is 9.52 Å². The highest BCUT2D eigenvalue weighted by Crippen LogP contribution is 2.10. The second kappa shape index (κ2) is 5.94. The summed E-state index contributed by atoms with van der Waals surface area (Å²) in [5.41, 5.74) is 6.99. The van der Waals surface area contributed by atoms with Gasteiger partial charge in [0.2, 0.25) is 0 Å². The molecular formula is C11H19NSi. The molecular weight excluding hydrogens is 174 g/mol. The Labute approximate surface area is 83.2 Å². The molecule has 0 radical (unpaired) electrons. The van der Waals surface area contributed by atoms with E-state index in [9.17, 15) is 0 Å². The fraction of sp³-hybridized carbons (Fsp3) is 0.455. The molecule has 1 rings (SSSR count). The van der Waals surface area contributed by atoms with Gasteiger partial charge in [-0.2, -0.15) is 0 Å². The number of rotatable bonds is 5. The molecule has 0 saturated heterocycles. The topological polar surface area (TPSA) is 26.0 Å². The fourth-order valence-electron chi connectivity index (χ4n) is 1.58. The molecule has 0 spiro atoms. The van der Waals surface area contributed by atoms with Gasteiger partial charge in [0.25, 0.3) is 0 Å². The van der Waals surface area contributed by atoms with Gasteiger partial charge >= 0.3 is 0 Å². The Kier molecular flexibility index (Phi) is 4.79. The number of benzene rings is 1. The van der Waals surface area contributed by atoms with Gasteiger partial charge in [-0.1, -0.05) is 43.3 Å². The molecule has 0 aliphatic rings. The van der Waals surface area contributed by atoms with Gasteiger partial charge in [-0.15, -0.1) is 0 Å². The summed E-state index contributed by atoms with van der Waals surface area (Å²) in [5.74, 6) is 0.817. The van der Waals surface area contributed by atoms with Gasteiger partial charge in [0.15, 0.2) is 0 Å². The van der Waals surface area contributed by atoms with Crippen LogP contribution >= 0.6 is 0 Å². The zero-order valence-electron chi connectivity index (χ0n) is 8.37. The van der Waals surface area contributed by atoms with Crippen molar-refractivity contribution in [3.8, 4) is 0 Å². The summed E-state index contributed by atoms with van der Waals surface area (Å²) in [5, 5.41) is 0. The quantitative estimate of drug-likeness (QED) is 0.702. The lowest BCUT2D eigenvalue weighted by atomic mass is 10.0. The smallest absolute Gasteiger partial charge is 0.0364 e. The van der Waals surface area contributed by atoms with Crippen LogP contribution in [-0.4, -0.2) is 15.7 Å². The summed E-state index contributed by atoms with van der Waals surface area (Å²) >= 11 is 0. The van der Waals surface area contributed by atoms with Crippen LogP contribution in [0.1, 0.15) is 12.5 Å². The third-order valence-electron chi connectivity index (χ3n) is 2.33. The van der Waals surface area contributed by atoms with Crippen molar-refractivity contribution >= 4 is 9.52 Å². The van der Waals surface area contributed by atoms with Crippen LogP contribution < -0.4 is 5.73 Å². The van der Waals surface area contributed by atoms with Crippen LogP contribution in [0.5, 0.6) is 0 Å². The van der Waals surface area contributed by atoms with Gasteiger partial charge in [-0.3, -0.25) is 0 Å². The summed E-state index contributed by atoms with van der Waals surface area (Å²) in [7, 11) is 0.0361. The van der Waals surface area contributed by atoms with Crippen LogP contribution in [0.2, 0.25) is 6.04 Å². The Morgan fingerprint density at radius 3 is 2.62 bits per heavy atom. The van der Waals surface area contributed by atoms with E-state index in [2.05, 4.69) is 37.3 Å². The summed E-state index contributed by atoms with van der Waals surface area (Å²) < 4.78 is 0. The van der Waals surface area contributed by atoms with E-state index in [0.29, 0.717) is 0 Å². The lowest BCUT2D eigenvalue weighted by Crippen LogP contribution is -2.12. The molecule has 1 unspecified atom stereocenters. The summed E-state index contributed by atoms with van der Waals surface area (Å²) in [4.78, 5) is 0. The monoisotopic (exact) mass is 193 g/mol. The lowest BCUT2D eigenvalue weighted by Gasteiger charge is -2.09. The Morgan fingerprint density at radius 2 is 2.00 bits per heavy atom. The molecule has 0 aromatic heterocycles. The second-order valence-electron chi connectivity index (χ2n) is 3.73. The molecule has 1 aromatic rings. The molecule has 0 aliphatic heterocycles. The minimum absolute atomic E-state index is 0.0361. The Balaban J connectivity index is 2.32. The van der Waals surface area contributed by atoms with Crippen LogP contribution in [-0.2, 0) is 6.42 Å². The number of hydrogen-bond donors (Lipinski definition) is 1. The highest BCUT2D eigenvalue weighted by atomic mass is 28.2. The van der Waals surface area contributed by atoms with Crippen LogP contribution in [0.3, 0.4) is 0 Å². The van der Waals surface area contributed by atoms with E-state index in [1.165, 1.54) is 18.0 Å². The van der Waals surface area contributed by atoms with Gasteiger partial charge in [-0.25, -0.2) is 0 Å². The molecule has 0 bridgehead atoms. The Bertz CT molecular complexity index is 223.